The minimum atomic E-state index is 0.504. The van der Waals surface area contributed by atoms with Crippen LogP contribution in [0, 0.1) is 13.8 Å². The summed E-state index contributed by atoms with van der Waals surface area (Å²) in [4.78, 5) is 6.64. The average molecular weight is 319 g/mol. The van der Waals surface area contributed by atoms with Crippen LogP contribution < -0.4 is 10.2 Å². The fourth-order valence-electron chi connectivity index (χ4n) is 2.59. The average Bonchev–Trinajstić information content (AvgIpc) is 2.59. The Labute approximate surface area is 142 Å². The lowest BCUT2D eigenvalue weighted by atomic mass is 10.1. The molecule has 0 saturated carbocycles. The number of hydrogen-bond donors (Lipinski definition) is 1. The largest absolute Gasteiger partial charge is 0.354 e. The number of aryl methyl sites for hydroxylation is 2. The van der Waals surface area contributed by atoms with E-state index in [9.17, 15) is 0 Å². The van der Waals surface area contributed by atoms with Gasteiger partial charge in [-0.3, -0.25) is 0 Å². The van der Waals surface area contributed by atoms with Gasteiger partial charge in [-0.2, -0.15) is 10.1 Å². The third-order valence-electron chi connectivity index (χ3n) is 3.92. The summed E-state index contributed by atoms with van der Waals surface area (Å²) in [5, 5.41) is 11.5. The van der Waals surface area contributed by atoms with E-state index in [2.05, 4.69) is 63.5 Å². The first-order valence-electron chi connectivity index (χ1n) is 7.91. The number of rotatable bonds is 5. The minimum absolute atomic E-state index is 0.504. The van der Waals surface area contributed by atoms with Crippen LogP contribution in [0.3, 0.4) is 0 Å². The van der Waals surface area contributed by atoms with Crippen LogP contribution in [0.1, 0.15) is 16.7 Å². The van der Waals surface area contributed by atoms with E-state index in [0.29, 0.717) is 5.95 Å². The van der Waals surface area contributed by atoms with Crippen molar-refractivity contribution in [1.82, 2.24) is 15.2 Å². The van der Waals surface area contributed by atoms with E-state index < -0.39 is 0 Å². The molecule has 0 amide bonds. The fourth-order valence-corrected chi connectivity index (χ4v) is 2.59. The summed E-state index contributed by atoms with van der Waals surface area (Å²) < 4.78 is 0. The van der Waals surface area contributed by atoms with Gasteiger partial charge in [-0.25, -0.2) is 0 Å². The molecule has 24 heavy (non-hydrogen) atoms. The van der Waals surface area contributed by atoms with Gasteiger partial charge in [0.25, 0.3) is 0 Å². The van der Waals surface area contributed by atoms with Crippen molar-refractivity contribution in [1.29, 1.82) is 0 Å². The summed E-state index contributed by atoms with van der Waals surface area (Å²) in [6.07, 6.45) is 1.68. The monoisotopic (exact) mass is 319 g/mol. The van der Waals surface area contributed by atoms with E-state index in [1.165, 1.54) is 5.56 Å². The third kappa shape index (κ3) is 3.68. The van der Waals surface area contributed by atoms with E-state index in [4.69, 9.17) is 0 Å². The molecule has 0 unspecified atom stereocenters. The quantitative estimate of drug-likeness (QED) is 0.773. The summed E-state index contributed by atoms with van der Waals surface area (Å²) >= 11 is 0. The van der Waals surface area contributed by atoms with E-state index in [0.717, 1.165) is 29.2 Å². The molecule has 1 aromatic heterocycles. The maximum Gasteiger partial charge on any atom is 0.249 e. The van der Waals surface area contributed by atoms with Crippen LogP contribution in [0.25, 0.3) is 0 Å². The van der Waals surface area contributed by atoms with Gasteiger partial charge in [-0.1, -0.05) is 48.5 Å². The Morgan fingerprint density at radius 2 is 1.67 bits per heavy atom. The zero-order valence-corrected chi connectivity index (χ0v) is 14.2. The number of nitrogens with one attached hydrogen (secondary N) is 1. The first-order chi connectivity index (χ1) is 11.6. The van der Waals surface area contributed by atoms with E-state index in [1.54, 1.807) is 6.20 Å². The fraction of sp³-hybridized carbons (Fsp3) is 0.211. The molecule has 122 valence electrons. The maximum absolute atomic E-state index is 4.59. The van der Waals surface area contributed by atoms with Crippen LogP contribution in [0.2, 0.25) is 0 Å². The van der Waals surface area contributed by atoms with Crippen molar-refractivity contribution in [2.24, 2.45) is 0 Å². The molecule has 0 aliphatic carbocycles. The van der Waals surface area contributed by atoms with Crippen LogP contribution in [0.5, 0.6) is 0 Å². The Balaban J connectivity index is 1.79. The smallest absolute Gasteiger partial charge is 0.249 e. The van der Waals surface area contributed by atoms with Crippen LogP contribution >= 0.6 is 0 Å². The Kier molecular flexibility index (Phi) is 4.70. The van der Waals surface area contributed by atoms with Crippen molar-refractivity contribution >= 4 is 17.5 Å². The van der Waals surface area contributed by atoms with E-state index in [1.807, 2.05) is 31.3 Å². The number of benzene rings is 2. The number of hydrogen-bond acceptors (Lipinski definition) is 5. The van der Waals surface area contributed by atoms with Crippen LogP contribution in [-0.4, -0.2) is 22.2 Å². The zero-order chi connectivity index (χ0) is 16.9. The topological polar surface area (TPSA) is 53.9 Å². The van der Waals surface area contributed by atoms with Crippen LogP contribution in [-0.2, 0) is 6.54 Å². The van der Waals surface area contributed by atoms with Crippen LogP contribution in [0.4, 0.5) is 17.5 Å². The number of aromatic nitrogens is 3. The molecule has 3 rings (SSSR count). The van der Waals surface area contributed by atoms with Crippen molar-refractivity contribution in [3.8, 4) is 0 Å². The van der Waals surface area contributed by atoms with Gasteiger partial charge in [0, 0.05) is 19.3 Å². The summed E-state index contributed by atoms with van der Waals surface area (Å²) in [7, 11) is 2.00. The first kappa shape index (κ1) is 15.9. The lowest BCUT2D eigenvalue weighted by Gasteiger charge is -2.18. The molecular weight excluding hydrogens is 298 g/mol. The van der Waals surface area contributed by atoms with Gasteiger partial charge in [0.15, 0.2) is 5.82 Å². The molecule has 0 saturated heterocycles. The standard InChI is InChI=1S/C19H21N5/c1-14-8-7-9-15(2)18(14)22-19-21-17(12-20-23-19)24(3)13-16-10-5-4-6-11-16/h4-12H,13H2,1-3H3,(H,21,22,23). The van der Waals surface area contributed by atoms with E-state index in [-0.39, 0.29) is 0 Å². The second kappa shape index (κ2) is 7.08. The third-order valence-corrected chi connectivity index (χ3v) is 3.92. The molecule has 1 N–H and O–H groups in total. The molecule has 0 atom stereocenters. The molecule has 0 fully saturated rings. The molecule has 0 aliphatic rings. The van der Waals surface area contributed by atoms with E-state index >= 15 is 0 Å². The highest BCUT2D eigenvalue weighted by atomic mass is 15.3. The van der Waals surface area contributed by atoms with Crippen molar-refractivity contribution in [2.45, 2.75) is 20.4 Å². The van der Waals surface area contributed by atoms with Crippen LogP contribution in [0.15, 0.2) is 54.7 Å². The van der Waals surface area contributed by atoms with Gasteiger partial charge >= 0.3 is 0 Å². The molecule has 1 heterocycles. The Morgan fingerprint density at radius 1 is 0.958 bits per heavy atom. The molecule has 0 bridgehead atoms. The zero-order valence-electron chi connectivity index (χ0n) is 14.2. The summed E-state index contributed by atoms with van der Waals surface area (Å²) in [6.45, 7) is 4.89. The SMILES string of the molecule is Cc1cccc(C)c1Nc1nncc(N(C)Cc2ccccc2)n1. The molecule has 0 aliphatic heterocycles. The second-order valence-corrected chi connectivity index (χ2v) is 5.87. The molecule has 5 heteroatoms. The number of anilines is 3. The number of nitrogens with zero attached hydrogens (tertiary/aromatic N) is 4. The maximum atomic E-state index is 4.59. The van der Waals surface area contributed by atoms with Crippen molar-refractivity contribution in [3.63, 3.8) is 0 Å². The summed E-state index contributed by atoms with van der Waals surface area (Å²) in [6, 6.07) is 16.5. The highest BCUT2D eigenvalue weighted by molar-refractivity contribution is 5.63. The molecule has 2 aromatic carbocycles. The second-order valence-electron chi connectivity index (χ2n) is 5.87. The predicted molar refractivity (Wildman–Crippen MR) is 97.6 cm³/mol. The van der Waals surface area contributed by atoms with Gasteiger partial charge in [0.1, 0.15) is 0 Å². The molecular formula is C19H21N5. The van der Waals surface area contributed by atoms with Crippen molar-refractivity contribution in [2.75, 3.05) is 17.3 Å². The Morgan fingerprint density at radius 3 is 2.38 bits per heavy atom. The Hall–Kier alpha value is -2.95. The van der Waals surface area contributed by atoms with Gasteiger partial charge in [-0.15, -0.1) is 5.10 Å². The Bertz CT molecular complexity index is 797. The lowest BCUT2D eigenvalue weighted by Crippen LogP contribution is -2.18. The number of para-hydroxylation sites is 1. The highest BCUT2D eigenvalue weighted by Crippen LogP contribution is 2.23. The van der Waals surface area contributed by atoms with Gasteiger partial charge in [0.2, 0.25) is 5.95 Å². The molecule has 0 radical (unpaired) electrons. The lowest BCUT2D eigenvalue weighted by molar-refractivity contribution is 0.866. The normalized spacial score (nSPS) is 10.5. The molecule has 0 spiro atoms. The predicted octanol–water partition coefficient (Wildman–Crippen LogP) is 3.87. The molecule has 5 nitrogen and oxygen atoms in total. The summed E-state index contributed by atoms with van der Waals surface area (Å²) in [5.41, 5.74) is 4.56. The van der Waals surface area contributed by atoms with Gasteiger partial charge in [-0.05, 0) is 30.5 Å². The van der Waals surface area contributed by atoms with Gasteiger partial charge < -0.3 is 10.2 Å². The first-order valence-corrected chi connectivity index (χ1v) is 7.91. The van der Waals surface area contributed by atoms with Crippen molar-refractivity contribution in [3.05, 3.63) is 71.4 Å². The summed E-state index contributed by atoms with van der Waals surface area (Å²) in [5.74, 6) is 1.28. The molecule has 3 aromatic rings. The minimum Gasteiger partial charge on any atom is -0.354 e. The van der Waals surface area contributed by atoms with Crippen molar-refractivity contribution < 1.29 is 0 Å². The highest BCUT2D eigenvalue weighted by Gasteiger charge is 2.09. The van der Waals surface area contributed by atoms with Gasteiger partial charge in [0.05, 0.1) is 6.20 Å².